The normalized spacial score (nSPS) is 10.7. The van der Waals surface area contributed by atoms with Crippen LogP contribution >= 0.6 is 11.6 Å². The van der Waals surface area contributed by atoms with Crippen LogP contribution in [-0.2, 0) is 6.42 Å². The summed E-state index contributed by atoms with van der Waals surface area (Å²) in [7, 11) is 0. The lowest BCUT2D eigenvalue weighted by Gasteiger charge is -2.09. The standard InChI is InChI=1S/C17H17ClFN7/c18-13-6-11(3-4-14(13)19)25-17-24-9-12(16(21)26-17)10-7-22-15(23-8-10)2-1-5-20/h3-4,6-9H,1-2,5,20H2,(H3,21,24,25,26). The summed E-state index contributed by atoms with van der Waals surface area (Å²) < 4.78 is 13.2. The van der Waals surface area contributed by atoms with E-state index in [4.69, 9.17) is 23.1 Å². The fourth-order valence-electron chi connectivity index (χ4n) is 2.26. The summed E-state index contributed by atoms with van der Waals surface area (Å²) in [6.07, 6.45) is 6.50. The maximum absolute atomic E-state index is 13.2. The van der Waals surface area contributed by atoms with Gasteiger partial charge in [-0.2, -0.15) is 4.98 Å². The number of nitrogen functional groups attached to an aromatic ring is 1. The zero-order valence-corrected chi connectivity index (χ0v) is 14.5. The minimum atomic E-state index is -0.497. The largest absolute Gasteiger partial charge is 0.383 e. The number of nitrogens with one attached hydrogen (secondary N) is 1. The number of aryl methyl sites for hydroxylation is 1. The third-order valence-electron chi connectivity index (χ3n) is 3.61. The van der Waals surface area contributed by atoms with Crippen molar-refractivity contribution in [2.75, 3.05) is 17.6 Å². The molecule has 0 spiro atoms. The first-order valence-electron chi connectivity index (χ1n) is 7.93. The SMILES string of the molecule is NCCCc1ncc(-c2cnc(Nc3ccc(F)c(Cl)c3)nc2N)cn1. The van der Waals surface area contributed by atoms with Crippen LogP contribution < -0.4 is 16.8 Å². The molecule has 0 aliphatic rings. The molecule has 134 valence electrons. The van der Waals surface area contributed by atoms with Crippen molar-refractivity contribution in [3.8, 4) is 11.1 Å². The molecule has 0 unspecified atom stereocenters. The fourth-order valence-corrected chi connectivity index (χ4v) is 2.44. The zero-order valence-electron chi connectivity index (χ0n) is 13.8. The molecule has 3 aromatic rings. The lowest BCUT2D eigenvalue weighted by Crippen LogP contribution is -2.04. The molecule has 2 aromatic heterocycles. The molecular weight excluding hydrogens is 357 g/mol. The van der Waals surface area contributed by atoms with Gasteiger partial charge in [0.25, 0.3) is 0 Å². The average molecular weight is 374 g/mol. The highest BCUT2D eigenvalue weighted by Gasteiger charge is 2.09. The summed E-state index contributed by atoms with van der Waals surface area (Å²) in [5, 5.41) is 2.93. The zero-order chi connectivity index (χ0) is 18.5. The molecule has 0 aliphatic heterocycles. The Balaban J connectivity index is 1.77. The fraction of sp³-hybridized carbons (Fsp3) is 0.176. The van der Waals surface area contributed by atoms with Crippen LogP contribution in [0.4, 0.5) is 21.8 Å². The first-order valence-corrected chi connectivity index (χ1v) is 8.30. The predicted octanol–water partition coefficient (Wildman–Crippen LogP) is 2.94. The van der Waals surface area contributed by atoms with Gasteiger partial charge < -0.3 is 16.8 Å². The summed E-state index contributed by atoms with van der Waals surface area (Å²) in [6.45, 7) is 0.597. The van der Waals surface area contributed by atoms with E-state index in [1.165, 1.54) is 18.2 Å². The molecule has 9 heteroatoms. The smallest absolute Gasteiger partial charge is 0.229 e. The van der Waals surface area contributed by atoms with E-state index >= 15 is 0 Å². The molecule has 0 atom stereocenters. The number of aromatic nitrogens is 4. The summed E-state index contributed by atoms with van der Waals surface area (Å²) in [5.41, 5.74) is 13.4. The van der Waals surface area contributed by atoms with Crippen LogP contribution in [0.2, 0.25) is 5.02 Å². The lowest BCUT2D eigenvalue weighted by atomic mass is 10.1. The van der Waals surface area contributed by atoms with Crippen molar-refractivity contribution in [2.24, 2.45) is 5.73 Å². The van der Waals surface area contributed by atoms with Crippen LogP contribution in [0.25, 0.3) is 11.1 Å². The molecule has 0 aliphatic carbocycles. The van der Waals surface area contributed by atoms with Crippen molar-refractivity contribution < 1.29 is 4.39 Å². The molecule has 26 heavy (non-hydrogen) atoms. The van der Waals surface area contributed by atoms with E-state index in [-0.39, 0.29) is 16.8 Å². The van der Waals surface area contributed by atoms with Gasteiger partial charge in [0, 0.05) is 41.8 Å². The number of nitrogens with two attached hydrogens (primary N) is 2. The van der Waals surface area contributed by atoms with E-state index in [0.717, 1.165) is 24.2 Å². The molecule has 1 aromatic carbocycles. The van der Waals surface area contributed by atoms with Gasteiger partial charge >= 0.3 is 0 Å². The Morgan fingerprint density at radius 1 is 1.12 bits per heavy atom. The van der Waals surface area contributed by atoms with E-state index in [1.807, 2.05) is 0 Å². The third-order valence-corrected chi connectivity index (χ3v) is 3.90. The lowest BCUT2D eigenvalue weighted by molar-refractivity contribution is 0.628. The Labute approximate surface area is 154 Å². The number of benzene rings is 1. The Kier molecular flexibility index (Phi) is 5.55. The van der Waals surface area contributed by atoms with Crippen molar-refractivity contribution in [1.29, 1.82) is 0 Å². The van der Waals surface area contributed by atoms with Crippen LogP contribution in [0.15, 0.2) is 36.8 Å². The summed E-state index contributed by atoms with van der Waals surface area (Å²) in [6, 6.07) is 4.23. The highest BCUT2D eigenvalue weighted by atomic mass is 35.5. The molecule has 0 saturated carbocycles. The summed E-state index contributed by atoms with van der Waals surface area (Å²) >= 11 is 5.76. The topological polar surface area (TPSA) is 116 Å². The second kappa shape index (κ2) is 8.03. The van der Waals surface area contributed by atoms with E-state index in [0.29, 0.717) is 17.8 Å². The number of rotatable bonds is 6. The monoisotopic (exact) mass is 373 g/mol. The minimum Gasteiger partial charge on any atom is -0.383 e. The molecule has 5 N–H and O–H groups in total. The minimum absolute atomic E-state index is 0.00599. The van der Waals surface area contributed by atoms with Crippen LogP contribution in [-0.4, -0.2) is 26.5 Å². The van der Waals surface area contributed by atoms with Crippen molar-refractivity contribution in [1.82, 2.24) is 19.9 Å². The Bertz CT molecular complexity index is 902. The second-order valence-electron chi connectivity index (χ2n) is 5.53. The maximum atomic E-state index is 13.2. The summed E-state index contributed by atoms with van der Waals surface area (Å²) in [4.78, 5) is 17.0. The molecule has 0 fully saturated rings. The Hall–Kier alpha value is -2.84. The van der Waals surface area contributed by atoms with Crippen molar-refractivity contribution in [3.05, 3.63) is 53.5 Å². The number of hydrogen-bond acceptors (Lipinski definition) is 7. The van der Waals surface area contributed by atoms with Gasteiger partial charge in [-0.15, -0.1) is 0 Å². The van der Waals surface area contributed by atoms with E-state index in [1.54, 1.807) is 18.6 Å². The molecule has 3 rings (SSSR count). The van der Waals surface area contributed by atoms with E-state index < -0.39 is 5.82 Å². The van der Waals surface area contributed by atoms with Gasteiger partial charge in [-0.3, -0.25) is 0 Å². The number of anilines is 3. The third kappa shape index (κ3) is 4.22. The van der Waals surface area contributed by atoms with Crippen LogP contribution in [0.5, 0.6) is 0 Å². The number of halogens is 2. The average Bonchev–Trinajstić information content (AvgIpc) is 2.64. The highest BCUT2D eigenvalue weighted by molar-refractivity contribution is 6.31. The molecular formula is C17H17ClFN7. The number of nitrogens with zero attached hydrogens (tertiary/aromatic N) is 4. The van der Waals surface area contributed by atoms with Crippen LogP contribution in [0.3, 0.4) is 0 Å². The molecule has 7 nitrogen and oxygen atoms in total. The van der Waals surface area contributed by atoms with Gasteiger partial charge in [-0.25, -0.2) is 19.3 Å². The van der Waals surface area contributed by atoms with Gasteiger partial charge in [-0.1, -0.05) is 11.6 Å². The van der Waals surface area contributed by atoms with Crippen molar-refractivity contribution in [2.45, 2.75) is 12.8 Å². The molecule has 0 amide bonds. The quantitative estimate of drug-likeness (QED) is 0.608. The van der Waals surface area contributed by atoms with Gasteiger partial charge in [0.05, 0.1) is 5.02 Å². The number of hydrogen-bond donors (Lipinski definition) is 3. The predicted molar refractivity (Wildman–Crippen MR) is 99.5 cm³/mol. The first kappa shape index (κ1) is 18.0. The van der Waals surface area contributed by atoms with Crippen LogP contribution in [0, 0.1) is 5.82 Å². The Morgan fingerprint density at radius 2 is 1.88 bits per heavy atom. The van der Waals surface area contributed by atoms with E-state index in [9.17, 15) is 4.39 Å². The highest BCUT2D eigenvalue weighted by Crippen LogP contribution is 2.25. The first-order chi connectivity index (χ1) is 12.6. The van der Waals surface area contributed by atoms with Gasteiger partial charge in [0.15, 0.2) is 0 Å². The maximum Gasteiger partial charge on any atom is 0.229 e. The van der Waals surface area contributed by atoms with Gasteiger partial charge in [-0.05, 0) is 31.2 Å². The summed E-state index contributed by atoms with van der Waals surface area (Å²) in [5.74, 6) is 0.775. The van der Waals surface area contributed by atoms with Crippen molar-refractivity contribution >= 4 is 29.1 Å². The van der Waals surface area contributed by atoms with E-state index in [2.05, 4.69) is 25.3 Å². The molecule has 0 bridgehead atoms. The molecule has 0 saturated heterocycles. The Morgan fingerprint density at radius 3 is 2.54 bits per heavy atom. The molecule has 0 radical (unpaired) electrons. The van der Waals surface area contributed by atoms with Gasteiger partial charge in [0.2, 0.25) is 5.95 Å². The second-order valence-corrected chi connectivity index (χ2v) is 5.93. The van der Waals surface area contributed by atoms with Crippen molar-refractivity contribution in [3.63, 3.8) is 0 Å². The molecule has 2 heterocycles. The van der Waals surface area contributed by atoms with Gasteiger partial charge in [0.1, 0.15) is 17.5 Å². The van der Waals surface area contributed by atoms with Crippen LogP contribution in [0.1, 0.15) is 12.2 Å².